The molecule has 0 bridgehead atoms. The van der Waals surface area contributed by atoms with E-state index in [4.69, 9.17) is 5.73 Å². The zero-order valence-electron chi connectivity index (χ0n) is 11.6. The van der Waals surface area contributed by atoms with Crippen molar-refractivity contribution in [2.75, 3.05) is 6.54 Å². The second kappa shape index (κ2) is 5.47. The molecule has 1 atom stereocenters. The van der Waals surface area contributed by atoms with Gasteiger partial charge in [-0.3, -0.25) is 4.98 Å². The highest BCUT2D eigenvalue weighted by Crippen LogP contribution is 2.28. The Labute approximate surface area is 118 Å². The molecule has 0 radical (unpaired) electrons. The average Bonchev–Trinajstić information content (AvgIpc) is 2.89. The molecule has 3 heteroatoms. The topological polar surface area (TPSA) is 54.7 Å². The molecule has 0 saturated carbocycles. The molecule has 0 aliphatic carbocycles. The van der Waals surface area contributed by atoms with E-state index in [1.807, 2.05) is 18.3 Å². The van der Waals surface area contributed by atoms with Crippen LogP contribution in [0.1, 0.15) is 22.7 Å². The molecule has 1 unspecified atom stereocenters. The zero-order valence-corrected chi connectivity index (χ0v) is 11.6. The van der Waals surface area contributed by atoms with Gasteiger partial charge in [-0.1, -0.05) is 17.7 Å². The van der Waals surface area contributed by atoms with Crippen molar-refractivity contribution < 1.29 is 0 Å². The third-order valence-corrected chi connectivity index (χ3v) is 3.78. The van der Waals surface area contributed by atoms with E-state index in [-0.39, 0.29) is 0 Å². The summed E-state index contributed by atoms with van der Waals surface area (Å²) >= 11 is 0. The smallest absolute Gasteiger partial charge is 0.0457 e. The Hall–Kier alpha value is -2.13. The molecule has 3 N–H and O–H groups in total. The number of aromatic amines is 1. The van der Waals surface area contributed by atoms with E-state index in [1.165, 1.54) is 22.0 Å². The summed E-state index contributed by atoms with van der Waals surface area (Å²) in [5.41, 5.74) is 10.8. The maximum Gasteiger partial charge on any atom is 0.0457 e. The average molecular weight is 265 g/mol. The van der Waals surface area contributed by atoms with E-state index >= 15 is 0 Å². The first-order chi connectivity index (χ1) is 9.78. The normalized spacial score (nSPS) is 12.7. The van der Waals surface area contributed by atoms with Crippen LogP contribution < -0.4 is 5.73 Å². The molecule has 3 rings (SSSR count). The Morgan fingerprint density at radius 2 is 2.15 bits per heavy atom. The summed E-state index contributed by atoms with van der Waals surface area (Å²) in [5, 5.41) is 1.27. The molecule has 0 aliphatic rings. The Balaban J connectivity index is 1.97. The Bertz CT molecular complexity index is 701. The first-order valence-corrected chi connectivity index (χ1v) is 6.95. The van der Waals surface area contributed by atoms with Crippen LogP contribution in [0.4, 0.5) is 0 Å². The minimum Gasteiger partial charge on any atom is -0.361 e. The Kier molecular flexibility index (Phi) is 3.52. The molecule has 0 amide bonds. The van der Waals surface area contributed by atoms with Crippen molar-refractivity contribution in [2.24, 2.45) is 5.73 Å². The van der Waals surface area contributed by atoms with Crippen LogP contribution in [0.5, 0.6) is 0 Å². The van der Waals surface area contributed by atoms with Crippen molar-refractivity contribution in [2.45, 2.75) is 19.3 Å². The van der Waals surface area contributed by atoms with Gasteiger partial charge in [0, 0.05) is 34.9 Å². The van der Waals surface area contributed by atoms with Crippen LogP contribution in [0, 0.1) is 6.92 Å². The summed E-state index contributed by atoms with van der Waals surface area (Å²) in [4.78, 5) is 7.75. The van der Waals surface area contributed by atoms with Crippen LogP contribution in [0.3, 0.4) is 0 Å². The van der Waals surface area contributed by atoms with Crippen molar-refractivity contribution in [3.05, 3.63) is 65.6 Å². The SMILES string of the molecule is Cc1ccc2[nH]cc(C(CN)Cc3ccccn3)c2c1. The van der Waals surface area contributed by atoms with E-state index < -0.39 is 0 Å². The number of nitrogens with one attached hydrogen (secondary N) is 1. The highest BCUT2D eigenvalue weighted by molar-refractivity contribution is 5.84. The van der Waals surface area contributed by atoms with Crippen LogP contribution in [-0.2, 0) is 6.42 Å². The molecular formula is C17H19N3. The maximum absolute atomic E-state index is 6.00. The van der Waals surface area contributed by atoms with Gasteiger partial charge in [0.1, 0.15) is 0 Å². The standard InChI is InChI=1S/C17H19N3/c1-12-5-6-17-15(8-12)16(11-20-17)13(10-18)9-14-4-2-3-7-19-14/h2-8,11,13,20H,9-10,18H2,1H3. The molecule has 1 aromatic carbocycles. The lowest BCUT2D eigenvalue weighted by atomic mass is 9.93. The number of pyridine rings is 1. The largest absolute Gasteiger partial charge is 0.361 e. The number of nitrogens with two attached hydrogens (primary N) is 1. The molecule has 3 nitrogen and oxygen atoms in total. The van der Waals surface area contributed by atoms with Crippen molar-refractivity contribution >= 4 is 10.9 Å². The zero-order chi connectivity index (χ0) is 13.9. The fourth-order valence-electron chi connectivity index (χ4n) is 2.69. The quantitative estimate of drug-likeness (QED) is 0.761. The number of benzene rings is 1. The molecular weight excluding hydrogens is 246 g/mol. The van der Waals surface area contributed by atoms with Gasteiger partial charge in [-0.15, -0.1) is 0 Å². The Morgan fingerprint density at radius 3 is 2.90 bits per heavy atom. The van der Waals surface area contributed by atoms with Gasteiger partial charge in [-0.25, -0.2) is 0 Å². The molecule has 0 aliphatic heterocycles. The third-order valence-electron chi connectivity index (χ3n) is 3.78. The molecule has 3 aromatic rings. The van der Waals surface area contributed by atoms with Crippen molar-refractivity contribution in [1.29, 1.82) is 0 Å². The highest BCUT2D eigenvalue weighted by Gasteiger charge is 2.15. The second-order valence-electron chi connectivity index (χ2n) is 5.25. The number of fused-ring (bicyclic) bond motifs is 1. The van der Waals surface area contributed by atoms with Gasteiger partial charge in [-0.05, 0) is 49.7 Å². The summed E-state index contributed by atoms with van der Waals surface area (Å²) in [5.74, 6) is 0.292. The molecule has 0 spiro atoms. The number of aromatic nitrogens is 2. The molecule has 2 heterocycles. The predicted octanol–water partition coefficient (Wildman–Crippen LogP) is 3.16. The fraction of sp³-hybridized carbons (Fsp3) is 0.235. The van der Waals surface area contributed by atoms with Crippen LogP contribution >= 0.6 is 0 Å². The second-order valence-corrected chi connectivity index (χ2v) is 5.25. The number of aryl methyl sites for hydroxylation is 1. The lowest BCUT2D eigenvalue weighted by molar-refractivity contribution is 0.687. The monoisotopic (exact) mass is 265 g/mol. The van der Waals surface area contributed by atoms with Gasteiger partial charge in [0.15, 0.2) is 0 Å². The summed E-state index contributed by atoms with van der Waals surface area (Å²) in [7, 11) is 0. The molecule has 0 saturated heterocycles. The summed E-state index contributed by atoms with van der Waals surface area (Å²) in [6.45, 7) is 2.74. The van der Waals surface area contributed by atoms with Crippen molar-refractivity contribution in [3.63, 3.8) is 0 Å². The van der Waals surface area contributed by atoms with Crippen LogP contribution in [0.2, 0.25) is 0 Å². The van der Waals surface area contributed by atoms with Gasteiger partial charge < -0.3 is 10.7 Å². The Morgan fingerprint density at radius 1 is 1.25 bits per heavy atom. The van der Waals surface area contributed by atoms with Crippen molar-refractivity contribution in [3.8, 4) is 0 Å². The third kappa shape index (κ3) is 2.45. The van der Waals surface area contributed by atoms with Gasteiger partial charge in [0.05, 0.1) is 0 Å². The van der Waals surface area contributed by atoms with Crippen LogP contribution in [0.15, 0.2) is 48.8 Å². The summed E-state index contributed by atoms with van der Waals surface area (Å²) in [6, 6.07) is 12.5. The number of H-pyrrole nitrogens is 1. The van der Waals surface area contributed by atoms with E-state index in [2.05, 4.69) is 47.4 Å². The minimum absolute atomic E-state index is 0.292. The van der Waals surface area contributed by atoms with E-state index in [1.54, 1.807) is 0 Å². The first kappa shape index (κ1) is 12.9. The summed E-state index contributed by atoms with van der Waals surface area (Å²) < 4.78 is 0. The maximum atomic E-state index is 6.00. The summed E-state index contributed by atoms with van der Waals surface area (Å²) in [6.07, 6.45) is 4.80. The lowest BCUT2D eigenvalue weighted by Crippen LogP contribution is -2.15. The van der Waals surface area contributed by atoms with Gasteiger partial charge in [0.25, 0.3) is 0 Å². The molecule has 102 valence electrons. The van der Waals surface area contributed by atoms with E-state index in [0.717, 1.165) is 12.1 Å². The van der Waals surface area contributed by atoms with Gasteiger partial charge in [-0.2, -0.15) is 0 Å². The van der Waals surface area contributed by atoms with Crippen LogP contribution in [0.25, 0.3) is 10.9 Å². The van der Waals surface area contributed by atoms with E-state index in [0.29, 0.717) is 12.5 Å². The molecule has 2 aromatic heterocycles. The molecule has 20 heavy (non-hydrogen) atoms. The van der Waals surface area contributed by atoms with Gasteiger partial charge in [0.2, 0.25) is 0 Å². The van der Waals surface area contributed by atoms with Crippen molar-refractivity contribution in [1.82, 2.24) is 9.97 Å². The molecule has 0 fully saturated rings. The predicted molar refractivity (Wildman–Crippen MR) is 82.8 cm³/mol. The minimum atomic E-state index is 0.292. The number of nitrogens with zero attached hydrogens (tertiary/aromatic N) is 1. The lowest BCUT2D eigenvalue weighted by Gasteiger charge is -2.14. The van der Waals surface area contributed by atoms with Gasteiger partial charge >= 0.3 is 0 Å². The first-order valence-electron chi connectivity index (χ1n) is 6.95. The highest BCUT2D eigenvalue weighted by atomic mass is 14.7. The van der Waals surface area contributed by atoms with Crippen LogP contribution in [-0.4, -0.2) is 16.5 Å². The number of rotatable bonds is 4. The number of hydrogen-bond acceptors (Lipinski definition) is 2. The van der Waals surface area contributed by atoms with E-state index in [9.17, 15) is 0 Å². The fourth-order valence-corrected chi connectivity index (χ4v) is 2.69. The number of hydrogen-bond donors (Lipinski definition) is 2.